The van der Waals surface area contributed by atoms with Gasteiger partial charge in [0, 0.05) is 31.3 Å². The summed E-state index contributed by atoms with van der Waals surface area (Å²) >= 11 is 0. The van der Waals surface area contributed by atoms with E-state index >= 15 is 0 Å². The molecule has 0 bridgehead atoms. The average molecular weight is 524 g/mol. The molecule has 2 amide bonds. The molecule has 0 spiro atoms. The summed E-state index contributed by atoms with van der Waals surface area (Å²) in [5.41, 5.74) is 2.66. The largest absolute Gasteiger partial charge is 0.391 e. The lowest BCUT2D eigenvalue weighted by Crippen LogP contribution is -2.51. The highest BCUT2D eigenvalue weighted by Gasteiger charge is 2.46. The first-order chi connectivity index (χ1) is 18.2. The molecule has 1 aliphatic heterocycles. The zero-order chi connectivity index (χ0) is 26.6. The van der Waals surface area contributed by atoms with Gasteiger partial charge in [0.1, 0.15) is 12.1 Å². The number of carbonyl (C=O) groups excluding carboxylic acids is 2. The molecule has 10 nitrogen and oxygen atoms in total. The third-order valence-corrected chi connectivity index (χ3v) is 8.83. The minimum absolute atomic E-state index is 0.139. The fourth-order valence-electron chi connectivity index (χ4n) is 6.65. The maximum Gasteiger partial charge on any atom is 0.248 e. The molecule has 1 saturated heterocycles. The van der Waals surface area contributed by atoms with E-state index in [1.807, 2.05) is 27.0 Å². The van der Waals surface area contributed by atoms with E-state index < -0.39 is 23.6 Å². The molecule has 2 saturated carbocycles. The van der Waals surface area contributed by atoms with E-state index in [-0.39, 0.29) is 30.8 Å². The minimum Gasteiger partial charge on any atom is -0.391 e. The number of fused-ring (bicyclic) bond motifs is 1. The Labute approximate surface area is 224 Å². The van der Waals surface area contributed by atoms with Gasteiger partial charge in [-0.2, -0.15) is 5.10 Å². The van der Waals surface area contributed by atoms with Crippen molar-refractivity contribution in [3.8, 4) is 0 Å². The van der Waals surface area contributed by atoms with Crippen LogP contribution in [0.1, 0.15) is 120 Å². The first kappa shape index (κ1) is 25.5. The maximum atomic E-state index is 14.0. The topological polar surface area (TPSA) is 118 Å². The van der Waals surface area contributed by atoms with E-state index in [1.165, 1.54) is 18.4 Å². The summed E-state index contributed by atoms with van der Waals surface area (Å²) in [6.45, 7) is 6.14. The lowest BCUT2D eigenvalue weighted by Gasteiger charge is -2.35. The van der Waals surface area contributed by atoms with Crippen LogP contribution in [0, 0.1) is 5.41 Å². The van der Waals surface area contributed by atoms with Gasteiger partial charge in [0.2, 0.25) is 11.8 Å². The second-order valence-electron chi connectivity index (χ2n) is 13.0. The van der Waals surface area contributed by atoms with Crippen molar-refractivity contribution in [2.45, 2.75) is 121 Å². The first-order valence-electron chi connectivity index (χ1n) is 14.5. The molecule has 6 rings (SSSR count). The normalized spacial score (nSPS) is 26.9. The van der Waals surface area contributed by atoms with Crippen molar-refractivity contribution < 1.29 is 14.7 Å². The fourth-order valence-corrected chi connectivity index (χ4v) is 6.65. The summed E-state index contributed by atoms with van der Waals surface area (Å²) in [6.07, 6.45) is 13.4. The van der Waals surface area contributed by atoms with E-state index in [9.17, 15) is 14.7 Å². The number of aliphatic hydroxyl groups is 1. The van der Waals surface area contributed by atoms with Crippen LogP contribution >= 0.6 is 0 Å². The molecule has 206 valence electrons. The maximum absolute atomic E-state index is 14.0. The molecule has 3 aliphatic carbocycles. The molecule has 38 heavy (non-hydrogen) atoms. The van der Waals surface area contributed by atoms with Gasteiger partial charge in [0.25, 0.3) is 0 Å². The van der Waals surface area contributed by atoms with Crippen LogP contribution in [-0.4, -0.2) is 65.3 Å². The average Bonchev–Trinajstić information content (AvgIpc) is 3.30. The van der Waals surface area contributed by atoms with Gasteiger partial charge < -0.3 is 15.3 Å². The van der Waals surface area contributed by atoms with Crippen LogP contribution in [0.15, 0.2) is 12.4 Å². The SMILES string of the molecule is CC(C)(C)[C@@H](C(=O)N1CC(O)CC1C(=O)NC1CCCc2cn(C3CCCC3)nc21)n1cc(C2CC2)nn1. The van der Waals surface area contributed by atoms with Crippen molar-refractivity contribution in [1.29, 1.82) is 0 Å². The standard InChI is InChI=1S/C28H41N7O3/c1-28(2,3)25(35-16-22(30-32-35)17-11-12-17)27(38)33-15-20(36)13-23(33)26(37)29-21-10-6-7-18-14-34(31-24(18)21)19-8-4-5-9-19/h14,16-17,19-21,23,25,36H,4-13,15H2,1-3H3,(H,29,37)/t20?,21?,23?,25-/m1/s1. The fraction of sp³-hybridized carbons (Fsp3) is 0.750. The van der Waals surface area contributed by atoms with Crippen molar-refractivity contribution in [1.82, 2.24) is 35.0 Å². The van der Waals surface area contributed by atoms with Crippen molar-refractivity contribution in [3.05, 3.63) is 29.3 Å². The quantitative estimate of drug-likeness (QED) is 0.600. The highest BCUT2D eigenvalue weighted by atomic mass is 16.3. The molecule has 3 fully saturated rings. The summed E-state index contributed by atoms with van der Waals surface area (Å²) in [7, 11) is 0. The van der Waals surface area contributed by atoms with Gasteiger partial charge in [0.15, 0.2) is 0 Å². The molecule has 2 aromatic heterocycles. The summed E-state index contributed by atoms with van der Waals surface area (Å²) < 4.78 is 3.79. The van der Waals surface area contributed by atoms with Crippen LogP contribution in [0.2, 0.25) is 0 Å². The highest BCUT2D eigenvalue weighted by molar-refractivity contribution is 5.90. The van der Waals surface area contributed by atoms with Crippen molar-refractivity contribution >= 4 is 11.8 Å². The van der Waals surface area contributed by atoms with Gasteiger partial charge in [-0.1, -0.05) is 38.8 Å². The molecular formula is C28H41N7O3. The number of aryl methyl sites for hydroxylation is 1. The first-order valence-corrected chi connectivity index (χ1v) is 14.5. The second-order valence-corrected chi connectivity index (χ2v) is 13.0. The van der Waals surface area contributed by atoms with Gasteiger partial charge in [-0.15, -0.1) is 5.10 Å². The summed E-state index contributed by atoms with van der Waals surface area (Å²) in [5, 5.41) is 27.4. The monoisotopic (exact) mass is 523 g/mol. The number of aromatic nitrogens is 5. The van der Waals surface area contributed by atoms with E-state index in [4.69, 9.17) is 5.10 Å². The van der Waals surface area contributed by atoms with Crippen LogP contribution in [0.4, 0.5) is 0 Å². The number of aliphatic hydroxyl groups excluding tert-OH is 1. The number of β-amino-alcohol motifs (C(OH)–C–C–N with tert-alkyl or cyclic N) is 1. The van der Waals surface area contributed by atoms with Gasteiger partial charge in [0.05, 0.1) is 29.6 Å². The van der Waals surface area contributed by atoms with Crippen molar-refractivity contribution in [3.63, 3.8) is 0 Å². The molecular weight excluding hydrogens is 482 g/mol. The Morgan fingerprint density at radius 1 is 1.08 bits per heavy atom. The van der Waals surface area contributed by atoms with Gasteiger partial charge in [-0.25, -0.2) is 4.68 Å². The molecule has 0 aromatic carbocycles. The molecule has 10 heteroatoms. The Balaban J connectivity index is 1.20. The second kappa shape index (κ2) is 9.77. The Morgan fingerprint density at radius 2 is 1.84 bits per heavy atom. The van der Waals surface area contributed by atoms with Crippen molar-refractivity contribution in [2.24, 2.45) is 5.41 Å². The Bertz CT molecular complexity index is 1190. The Morgan fingerprint density at radius 3 is 2.55 bits per heavy atom. The van der Waals surface area contributed by atoms with Crippen LogP contribution in [0.25, 0.3) is 0 Å². The molecule has 2 aromatic rings. The molecule has 2 N–H and O–H groups in total. The van der Waals surface area contributed by atoms with E-state index in [1.54, 1.807) is 9.58 Å². The van der Waals surface area contributed by atoms with Crippen LogP contribution in [0.3, 0.4) is 0 Å². The number of hydrogen-bond acceptors (Lipinski definition) is 6. The van der Waals surface area contributed by atoms with Gasteiger partial charge in [-0.05, 0) is 55.9 Å². The van der Waals surface area contributed by atoms with E-state index in [2.05, 4.69) is 26.5 Å². The smallest absolute Gasteiger partial charge is 0.248 e. The molecule has 4 atom stereocenters. The summed E-state index contributed by atoms with van der Waals surface area (Å²) in [5.74, 6) is 0.0218. The molecule has 3 heterocycles. The minimum atomic E-state index is -0.739. The number of nitrogens with zero attached hydrogens (tertiary/aromatic N) is 6. The third kappa shape index (κ3) is 4.87. The summed E-state index contributed by atoms with van der Waals surface area (Å²) in [4.78, 5) is 29.3. The summed E-state index contributed by atoms with van der Waals surface area (Å²) in [6, 6.07) is -1.05. The van der Waals surface area contributed by atoms with Gasteiger partial charge in [-0.3, -0.25) is 14.3 Å². The van der Waals surface area contributed by atoms with E-state index in [0.29, 0.717) is 12.0 Å². The molecule has 4 aliphatic rings. The number of likely N-dealkylation sites (tertiary alicyclic amines) is 1. The number of rotatable bonds is 6. The lowest BCUT2D eigenvalue weighted by atomic mass is 9.85. The predicted octanol–water partition coefficient (Wildman–Crippen LogP) is 3.21. The zero-order valence-corrected chi connectivity index (χ0v) is 22.8. The van der Waals surface area contributed by atoms with Crippen molar-refractivity contribution in [2.75, 3.05) is 6.54 Å². The number of hydrogen-bond donors (Lipinski definition) is 2. The predicted molar refractivity (Wildman–Crippen MR) is 140 cm³/mol. The Kier molecular flexibility index (Phi) is 6.56. The lowest BCUT2D eigenvalue weighted by molar-refractivity contribution is -0.144. The number of amides is 2. The third-order valence-electron chi connectivity index (χ3n) is 8.83. The van der Waals surface area contributed by atoms with E-state index in [0.717, 1.165) is 56.3 Å². The zero-order valence-electron chi connectivity index (χ0n) is 22.8. The number of carbonyl (C=O) groups is 2. The molecule has 3 unspecified atom stereocenters. The van der Waals surface area contributed by atoms with Crippen LogP contribution in [0.5, 0.6) is 0 Å². The Hall–Kier alpha value is -2.75. The highest BCUT2D eigenvalue weighted by Crippen LogP contribution is 2.40. The molecule has 0 radical (unpaired) electrons. The van der Waals surface area contributed by atoms with Crippen LogP contribution < -0.4 is 5.32 Å². The van der Waals surface area contributed by atoms with Gasteiger partial charge >= 0.3 is 0 Å². The van der Waals surface area contributed by atoms with Crippen LogP contribution in [-0.2, 0) is 16.0 Å². The number of nitrogens with one attached hydrogen (secondary N) is 1.